The fourth-order valence-electron chi connectivity index (χ4n) is 3.18. The summed E-state index contributed by atoms with van der Waals surface area (Å²) in [4.78, 5) is 26.5. The molecule has 1 aliphatic heterocycles. The van der Waals surface area contributed by atoms with Crippen LogP contribution in [0.2, 0.25) is 0 Å². The quantitative estimate of drug-likeness (QED) is 0.716. The van der Waals surface area contributed by atoms with Crippen LogP contribution < -0.4 is 4.74 Å². The molecule has 0 radical (unpaired) electrons. The van der Waals surface area contributed by atoms with E-state index in [2.05, 4.69) is 20.1 Å². The lowest BCUT2D eigenvalue weighted by atomic mass is 10.0. The fraction of sp³-hybridized carbons (Fsp3) is 0.316. The smallest absolute Gasteiger partial charge is 0.276 e. The van der Waals surface area contributed by atoms with E-state index in [9.17, 15) is 9.90 Å². The Morgan fingerprint density at radius 3 is 2.93 bits per heavy atom. The second kappa shape index (κ2) is 8.03. The molecule has 1 saturated heterocycles. The van der Waals surface area contributed by atoms with Crippen LogP contribution in [-0.2, 0) is 4.79 Å². The highest BCUT2D eigenvalue weighted by molar-refractivity contribution is 5.78. The van der Waals surface area contributed by atoms with E-state index >= 15 is 0 Å². The Kier molecular flexibility index (Phi) is 5.14. The van der Waals surface area contributed by atoms with E-state index < -0.39 is 0 Å². The number of nitrogens with zero attached hydrogens (tertiary/aromatic N) is 5. The lowest BCUT2D eigenvalue weighted by molar-refractivity contribution is -0.137. The minimum absolute atomic E-state index is 0.0506. The average Bonchev–Trinajstić information content (AvgIpc) is 3.23. The van der Waals surface area contributed by atoms with Gasteiger partial charge < -0.3 is 19.3 Å². The van der Waals surface area contributed by atoms with E-state index in [4.69, 9.17) is 9.26 Å². The molecule has 28 heavy (non-hydrogen) atoms. The van der Waals surface area contributed by atoms with Crippen molar-refractivity contribution in [3.8, 4) is 23.2 Å². The zero-order valence-electron chi connectivity index (χ0n) is 15.1. The largest absolute Gasteiger partial charge is 0.493 e. The van der Waals surface area contributed by atoms with Crippen LogP contribution in [0.5, 0.6) is 11.6 Å². The van der Waals surface area contributed by atoms with Crippen molar-refractivity contribution >= 4 is 5.91 Å². The van der Waals surface area contributed by atoms with Crippen LogP contribution >= 0.6 is 0 Å². The van der Waals surface area contributed by atoms with Crippen molar-refractivity contribution in [2.24, 2.45) is 0 Å². The van der Waals surface area contributed by atoms with Crippen LogP contribution in [-0.4, -0.2) is 49.2 Å². The Hall–Kier alpha value is -3.49. The molecule has 0 saturated carbocycles. The summed E-state index contributed by atoms with van der Waals surface area (Å²) in [5.41, 5.74) is 0.326. The van der Waals surface area contributed by atoms with Gasteiger partial charge in [-0.15, -0.1) is 0 Å². The number of rotatable bonds is 5. The summed E-state index contributed by atoms with van der Waals surface area (Å²) >= 11 is 0. The number of benzene rings is 1. The van der Waals surface area contributed by atoms with E-state index in [-0.39, 0.29) is 30.3 Å². The van der Waals surface area contributed by atoms with Crippen molar-refractivity contribution < 1.29 is 19.2 Å². The second-order valence-corrected chi connectivity index (χ2v) is 6.42. The lowest BCUT2D eigenvalue weighted by Gasteiger charge is -2.33. The van der Waals surface area contributed by atoms with Gasteiger partial charge >= 0.3 is 0 Å². The number of para-hydroxylation sites is 1. The standard InChI is InChI=1S/C19H19N5O4/c25-16-10-14(20-12-21-16)19-22-18(23-28-19)15-8-4-5-9-24(15)17(26)11-27-13-6-2-1-3-7-13/h1-3,6-7,10,12,15H,4-5,8-9,11H2,(H,20,21,25)/t15-/m1/s1. The summed E-state index contributed by atoms with van der Waals surface area (Å²) in [6.45, 7) is 0.560. The van der Waals surface area contributed by atoms with Gasteiger partial charge in [0, 0.05) is 12.6 Å². The van der Waals surface area contributed by atoms with Gasteiger partial charge in [0.05, 0.1) is 6.04 Å². The molecule has 9 heteroatoms. The Bertz CT molecular complexity index is 946. The summed E-state index contributed by atoms with van der Waals surface area (Å²) < 4.78 is 10.9. The molecule has 0 aliphatic carbocycles. The predicted molar refractivity (Wildman–Crippen MR) is 97.2 cm³/mol. The maximum absolute atomic E-state index is 12.7. The Labute approximate surface area is 161 Å². The Balaban J connectivity index is 1.48. The van der Waals surface area contributed by atoms with E-state index in [0.29, 0.717) is 23.8 Å². The molecule has 0 unspecified atom stereocenters. The van der Waals surface area contributed by atoms with Crippen molar-refractivity contribution in [3.05, 3.63) is 48.5 Å². The molecule has 1 N–H and O–H groups in total. The molecule has 1 aliphatic rings. The van der Waals surface area contributed by atoms with Gasteiger partial charge in [-0.05, 0) is 31.4 Å². The second-order valence-electron chi connectivity index (χ2n) is 6.42. The van der Waals surface area contributed by atoms with Crippen molar-refractivity contribution in [2.45, 2.75) is 25.3 Å². The van der Waals surface area contributed by atoms with Gasteiger partial charge in [-0.3, -0.25) is 4.79 Å². The number of carbonyl (C=O) groups is 1. The van der Waals surface area contributed by atoms with Crippen LogP contribution in [0, 0.1) is 0 Å². The molecule has 2 aromatic heterocycles. The number of carbonyl (C=O) groups excluding carboxylic acids is 1. The normalized spacial score (nSPS) is 16.7. The van der Waals surface area contributed by atoms with E-state index in [0.717, 1.165) is 19.3 Å². The van der Waals surface area contributed by atoms with Crippen LogP contribution in [0.25, 0.3) is 11.6 Å². The highest BCUT2D eigenvalue weighted by atomic mass is 16.5. The minimum atomic E-state index is -0.284. The summed E-state index contributed by atoms with van der Waals surface area (Å²) in [6.07, 6.45) is 3.83. The number of hydrogen-bond donors (Lipinski definition) is 1. The van der Waals surface area contributed by atoms with E-state index in [1.807, 2.05) is 30.3 Å². The van der Waals surface area contributed by atoms with Gasteiger partial charge in [-0.25, -0.2) is 9.97 Å². The van der Waals surface area contributed by atoms with E-state index in [1.165, 1.54) is 12.4 Å². The van der Waals surface area contributed by atoms with Crippen LogP contribution in [0.3, 0.4) is 0 Å². The molecule has 3 aromatic rings. The molecule has 1 aromatic carbocycles. The van der Waals surface area contributed by atoms with Crippen molar-refractivity contribution in [1.82, 2.24) is 25.0 Å². The van der Waals surface area contributed by atoms with Gasteiger partial charge in [0.15, 0.2) is 12.4 Å². The Morgan fingerprint density at radius 1 is 1.25 bits per heavy atom. The third-order valence-electron chi connectivity index (χ3n) is 4.54. The minimum Gasteiger partial charge on any atom is -0.493 e. The zero-order chi connectivity index (χ0) is 19.3. The lowest BCUT2D eigenvalue weighted by Crippen LogP contribution is -2.41. The molecule has 144 valence electrons. The Morgan fingerprint density at radius 2 is 2.11 bits per heavy atom. The molecule has 9 nitrogen and oxygen atoms in total. The van der Waals surface area contributed by atoms with Crippen LogP contribution in [0.1, 0.15) is 31.1 Å². The van der Waals surface area contributed by atoms with Gasteiger partial charge in [0.25, 0.3) is 11.8 Å². The third-order valence-corrected chi connectivity index (χ3v) is 4.54. The first-order valence-corrected chi connectivity index (χ1v) is 9.03. The molecular weight excluding hydrogens is 362 g/mol. The average molecular weight is 381 g/mol. The fourth-order valence-corrected chi connectivity index (χ4v) is 3.18. The number of piperidine rings is 1. The molecule has 0 spiro atoms. The first kappa shape index (κ1) is 17.9. The monoisotopic (exact) mass is 381 g/mol. The van der Waals surface area contributed by atoms with Crippen molar-refractivity contribution in [1.29, 1.82) is 0 Å². The number of ether oxygens (including phenoxy) is 1. The highest BCUT2D eigenvalue weighted by Crippen LogP contribution is 2.30. The van der Waals surface area contributed by atoms with Gasteiger partial charge in [0.1, 0.15) is 17.8 Å². The third kappa shape index (κ3) is 3.93. The van der Waals surface area contributed by atoms with Gasteiger partial charge in [-0.1, -0.05) is 23.4 Å². The van der Waals surface area contributed by atoms with Crippen LogP contribution in [0.4, 0.5) is 0 Å². The van der Waals surface area contributed by atoms with Crippen molar-refractivity contribution in [3.63, 3.8) is 0 Å². The topological polar surface area (TPSA) is 114 Å². The van der Waals surface area contributed by atoms with E-state index in [1.54, 1.807) is 4.90 Å². The molecule has 3 heterocycles. The van der Waals surface area contributed by atoms with Crippen molar-refractivity contribution in [2.75, 3.05) is 13.2 Å². The highest BCUT2D eigenvalue weighted by Gasteiger charge is 2.32. The summed E-state index contributed by atoms with van der Waals surface area (Å²) in [5, 5.41) is 13.5. The molecule has 1 amide bonds. The predicted octanol–water partition coefficient (Wildman–Crippen LogP) is 2.36. The number of likely N-dealkylation sites (tertiary alicyclic amines) is 1. The number of aromatic nitrogens is 4. The maximum Gasteiger partial charge on any atom is 0.276 e. The first-order chi connectivity index (χ1) is 13.7. The summed E-state index contributed by atoms with van der Waals surface area (Å²) in [5.74, 6) is 0.929. The number of amides is 1. The van der Waals surface area contributed by atoms with Gasteiger partial charge in [0.2, 0.25) is 5.88 Å². The molecule has 1 fully saturated rings. The first-order valence-electron chi connectivity index (χ1n) is 9.03. The number of hydrogen-bond acceptors (Lipinski definition) is 8. The molecule has 1 atom stereocenters. The zero-order valence-corrected chi connectivity index (χ0v) is 15.1. The molecular formula is C19H19N5O4. The molecule has 4 rings (SSSR count). The van der Waals surface area contributed by atoms with Crippen LogP contribution in [0.15, 0.2) is 47.2 Å². The summed E-state index contributed by atoms with van der Waals surface area (Å²) in [6, 6.07) is 10.3. The maximum atomic E-state index is 12.7. The molecule has 0 bridgehead atoms. The van der Waals surface area contributed by atoms with Gasteiger partial charge in [-0.2, -0.15) is 4.98 Å². The summed E-state index contributed by atoms with van der Waals surface area (Å²) in [7, 11) is 0. The SMILES string of the molecule is O=C(COc1ccccc1)N1CCCC[C@@H]1c1noc(-c2cc(O)ncn2)n1. The number of aromatic hydroxyl groups is 1.